The van der Waals surface area contributed by atoms with E-state index in [1.807, 2.05) is 19.9 Å². The summed E-state index contributed by atoms with van der Waals surface area (Å²) in [5.74, 6) is 1.04. The molecule has 1 aromatic rings. The lowest BCUT2D eigenvalue weighted by atomic mass is 9.93. The van der Waals surface area contributed by atoms with Crippen LogP contribution in [0.5, 0.6) is 0 Å². The number of nitrogens with one attached hydrogen (secondary N) is 1. The first kappa shape index (κ1) is 14.9. The molecule has 2 heterocycles. The van der Waals surface area contributed by atoms with E-state index >= 15 is 0 Å². The van der Waals surface area contributed by atoms with Crippen LogP contribution in [0.15, 0.2) is 6.07 Å². The van der Waals surface area contributed by atoms with Gasteiger partial charge in [0.15, 0.2) is 0 Å². The Balaban J connectivity index is 2.14. The summed E-state index contributed by atoms with van der Waals surface area (Å²) in [5, 5.41) is 2.88. The molecule has 0 atom stereocenters. The first-order valence-corrected chi connectivity index (χ1v) is 7.42. The van der Waals surface area contributed by atoms with Gasteiger partial charge in [0.05, 0.1) is 0 Å². The van der Waals surface area contributed by atoms with Crippen molar-refractivity contribution < 1.29 is 4.79 Å². The molecule has 1 amide bonds. The van der Waals surface area contributed by atoms with Crippen molar-refractivity contribution in [1.82, 2.24) is 20.2 Å². The zero-order chi connectivity index (χ0) is 14.5. The Labute approximate surface area is 120 Å². The second kappa shape index (κ2) is 6.79. The van der Waals surface area contributed by atoms with Gasteiger partial charge in [0.1, 0.15) is 11.5 Å². The number of piperidine rings is 1. The summed E-state index contributed by atoms with van der Waals surface area (Å²) in [6.07, 6.45) is 3.13. The molecule has 0 saturated carbocycles. The second-order valence-corrected chi connectivity index (χ2v) is 5.56. The Hall–Kier alpha value is -1.49. The first-order chi connectivity index (χ1) is 9.60. The van der Waals surface area contributed by atoms with Crippen LogP contribution >= 0.6 is 0 Å². The molecule has 0 radical (unpaired) electrons. The largest absolute Gasteiger partial charge is 0.351 e. The summed E-state index contributed by atoms with van der Waals surface area (Å²) < 4.78 is 0. The van der Waals surface area contributed by atoms with Crippen molar-refractivity contribution in [3.63, 3.8) is 0 Å². The van der Waals surface area contributed by atoms with Gasteiger partial charge in [-0.15, -0.1) is 0 Å². The third kappa shape index (κ3) is 3.76. The van der Waals surface area contributed by atoms with E-state index in [-0.39, 0.29) is 5.91 Å². The summed E-state index contributed by atoms with van der Waals surface area (Å²) >= 11 is 0. The zero-order valence-corrected chi connectivity index (χ0v) is 12.6. The van der Waals surface area contributed by atoms with Gasteiger partial charge in [0, 0.05) is 18.2 Å². The van der Waals surface area contributed by atoms with Crippen LogP contribution in [0.25, 0.3) is 0 Å². The highest BCUT2D eigenvalue weighted by molar-refractivity contribution is 5.92. The van der Waals surface area contributed by atoms with E-state index in [1.165, 1.54) is 0 Å². The van der Waals surface area contributed by atoms with E-state index < -0.39 is 0 Å². The van der Waals surface area contributed by atoms with Crippen molar-refractivity contribution in [2.24, 2.45) is 0 Å². The van der Waals surface area contributed by atoms with Crippen LogP contribution < -0.4 is 5.32 Å². The Morgan fingerprint density at radius 3 is 2.75 bits per heavy atom. The summed E-state index contributed by atoms with van der Waals surface area (Å²) in [5.41, 5.74) is 1.52. The van der Waals surface area contributed by atoms with Gasteiger partial charge in [-0.1, -0.05) is 6.92 Å². The van der Waals surface area contributed by atoms with Gasteiger partial charge < -0.3 is 10.2 Å². The fourth-order valence-corrected chi connectivity index (χ4v) is 2.55. The molecule has 1 aliphatic heterocycles. The zero-order valence-electron chi connectivity index (χ0n) is 12.6. The third-order valence-corrected chi connectivity index (χ3v) is 3.76. The number of amides is 1. The lowest BCUT2D eigenvalue weighted by Gasteiger charge is -2.28. The maximum atomic E-state index is 12.0. The quantitative estimate of drug-likeness (QED) is 0.910. The van der Waals surface area contributed by atoms with Crippen LogP contribution in [-0.2, 0) is 0 Å². The molecule has 1 N–H and O–H groups in total. The maximum absolute atomic E-state index is 12.0. The average molecular weight is 276 g/mol. The van der Waals surface area contributed by atoms with Gasteiger partial charge >= 0.3 is 0 Å². The Bertz CT molecular complexity index is 467. The number of nitrogens with zero attached hydrogens (tertiary/aromatic N) is 3. The molecule has 0 spiro atoms. The Kier molecular flexibility index (Phi) is 5.06. The molecule has 0 unspecified atom stereocenters. The SMILES string of the molecule is CCCNC(=O)c1cc(C2CCN(C)CC2)nc(C)n1. The third-order valence-electron chi connectivity index (χ3n) is 3.76. The van der Waals surface area contributed by atoms with Crippen LogP contribution in [-0.4, -0.2) is 47.5 Å². The number of carbonyl (C=O) groups excluding carboxylic acids is 1. The molecule has 110 valence electrons. The molecule has 0 bridgehead atoms. The molecule has 1 fully saturated rings. The minimum atomic E-state index is -0.0912. The summed E-state index contributed by atoms with van der Waals surface area (Å²) in [7, 11) is 2.14. The molecular formula is C15H24N4O. The van der Waals surface area contributed by atoms with E-state index in [0.29, 0.717) is 24.0 Å². The van der Waals surface area contributed by atoms with Crippen LogP contribution in [0, 0.1) is 6.92 Å². The lowest BCUT2D eigenvalue weighted by Crippen LogP contribution is -2.30. The first-order valence-electron chi connectivity index (χ1n) is 7.42. The van der Waals surface area contributed by atoms with E-state index in [4.69, 9.17) is 0 Å². The number of likely N-dealkylation sites (tertiary alicyclic amines) is 1. The van der Waals surface area contributed by atoms with Gasteiger partial charge in [-0.3, -0.25) is 4.79 Å². The van der Waals surface area contributed by atoms with Gasteiger partial charge in [-0.25, -0.2) is 9.97 Å². The van der Waals surface area contributed by atoms with Gasteiger partial charge in [-0.2, -0.15) is 0 Å². The highest BCUT2D eigenvalue weighted by Crippen LogP contribution is 2.26. The number of carbonyl (C=O) groups is 1. The lowest BCUT2D eigenvalue weighted by molar-refractivity contribution is 0.0948. The second-order valence-electron chi connectivity index (χ2n) is 5.56. The van der Waals surface area contributed by atoms with Gasteiger partial charge in [-0.05, 0) is 52.4 Å². The van der Waals surface area contributed by atoms with Crippen molar-refractivity contribution in [1.29, 1.82) is 0 Å². The van der Waals surface area contributed by atoms with Crippen LogP contribution in [0.1, 0.15) is 54.1 Å². The van der Waals surface area contributed by atoms with Crippen molar-refractivity contribution in [3.05, 3.63) is 23.3 Å². The predicted octanol–water partition coefficient (Wildman–Crippen LogP) is 1.73. The van der Waals surface area contributed by atoms with E-state index in [1.54, 1.807) is 0 Å². The summed E-state index contributed by atoms with van der Waals surface area (Å²) in [6.45, 7) is 6.76. The minimum absolute atomic E-state index is 0.0912. The minimum Gasteiger partial charge on any atom is -0.351 e. The molecule has 20 heavy (non-hydrogen) atoms. The number of hydrogen-bond donors (Lipinski definition) is 1. The maximum Gasteiger partial charge on any atom is 0.270 e. The van der Waals surface area contributed by atoms with E-state index in [9.17, 15) is 4.79 Å². The smallest absolute Gasteiger partial charge is 0.270 e. The highest BCUT2D eigenvalue weighted by Gasteiger charge is 2.21. The van der Waals surface area contributed by atoms with E-state index in [0.717, 1.165) is 38.0 Å². The average Bonchev–Trinajstić information content (AvgIpc) is 2.44. The molecule has 0 aromatic carbocycles. The normalized spacial score (nSPS) is 17.1. The molecule has 5 heteroatoms. The standard InChI is InChI=1S/C15H24N4O/c1-4-7-16-15(20)14-10-13(17-11(2)18-14)12-5-8-19(3)9-6-12/h10,12H,4-9H2,1-3H3,(H,16,20). The summed E-state index contributed by atoms with van der Waals surface area (Å²) in [4.78, 5) is 23.2. The molecular weight excluding hydrogens is 252 g/mol. The van der Waals surface area contributed by atoms with Crippen LogP contribution in [0.4, 0.5) is 0 Å². The molecule has 1 aliphatic rings. The van der Waals surface area contributed by atoms with Crippen molar-refractivity contribution in [3.8, 4) is 0 Å². The number of hydrogen-bond acceptors (Lipinski definition) is 4. The topological polar surface area (TPSA) is 58.1 Å². The van der Waals surface area contributed by atoms with Gasteiger partial charge in [0.25, 0.3) is 5.91 Å². The van der Waals surface area contributed by atoms with Crippen LogP contribution in [0.3, 0.4) is 0 Å². The fraction of sp³-hybridized carbons (Fsp3) is 0.667. The molecule has 2 rings (SSSR count). The summed E-state index contributed by atoms with van der Waals surface area (Å²) in [6, 6.07) is 1.87. The van der Waals surface area contributed by atoms with Crippen molar-refractivity contribution >= 4 is 5.91 Å². The molecule has 1 saturated heterocycles. The number of aromatic nitrogens is 2. The monoisotopic (exact) mass is 276 g/mol. The Morgan fingerprint density at radius 1 is 1.40 bits per heavy atom. The number of rotatable bonds is 4. The van der Waals surface area contributed by atoms with Crippen molar-refractivity contribution in [2.75, 3.05) is 26.7 Å². The molecule has 5 nitrogen and oxygen atoms in total. The fourth-order valence-electron chi connectivity index (χ4n) is 2.55. The molecule has 0 aliphatic carbocycles. The predicted molar refractivity (Wildman–Crippen MR) is 78.9 cm³/mol. The number of aryl methyl sites for hydroxylation is 1. The Morgan fingerprint density at radius 2 is 2.10 bits per heavy atom. The van der Waals surface area contributed by atoms with Gasteiger partial charge in [0.2, 0.25) is 0 Å². The highest BCUT2D eigenvalue weighted by atomic mass is 16.1. The van der Waals surface area contributed by atoms with E-state index in [2.05, 4.69) is 27.2 Å². The molecule has 1 aromatic heterocycles. The van der Waals surface area contributed by atoms with Crippen molar-refractivity contribution in [2.45, 2.75) is 39.0 Å². The van der Waals surface area contributed by atoms with Crippen LogP contribution in [0.2, 0.25) is 0 Å².